The van der Waals surface area contributed by atoms with Crippen molar-refractivity contribution in [1.29, 1.82) is 0 Å². The Hall–Kier alpha value is -0.620. The van der Waals surface area contributed by atoms with E-state index in [1.165, 1.54) is 12.8 Å². The van der Waals surface area contributed by atoms with Crippen LogP contribution in [0.5, 0.6) is 5.75 Å². The van der Waals surface area contributed by atoms with Crippen molar-refractivity contribution in [2.75, 3.05) is 32.9 Å². The third kappa shape index (κ3) is 4.19. The van der Waals surface area contributed by atoms with E-state index in [1.54, 1.807) is 0 Å². The van der Waals surface area contributed by atoms with Crippen LogP contribution in [0.1, 0.15) is 19.3 Å². The van der Waals surface area contributed by atoms with Crippen LogP contribution in [0.25, 0.3) is 0 Å². The number of halogens is 1. The van der Waals surface area contributed by atoms with Crippen LogP contribution >= 0.6 is 15.9 Å². The summed E-state index contributed by atoms with van der Waals surface area (Å²) in [6.07, 6.45) is 3.62. The van der Waals surface area contributed by atoms with Crippen molar-refractivity contribution in [2.45, 2.75) is 31.6 Å². The van der Waals surface area contributed by atoms with E-state index in [9.17, 15) is 0 Å². The maximum absolute atomic E-state index is 5.85. The van der Waals surface area contributed by atoms with Gasteiger partial charge in [0.25, 0.3) is 0 Å². The minimum absolute atomic E-state index is 0.0452. The molecule has 2 heterocycles. The minimum Gasteiger partial charge on any atom is -0.492 e. The quantitative estimate of drug-likeness (QED) is 0.812. The first-order valence-electron chi connectivity index (χ1n) is 7.68. The van der Waals surface area contributed by atoms with Crippen LogP contribution in [0.4, 0.5) is 0 Å². The second-order valence-corrected chi connectivity index (χ2v) is 6.43. The molecule has 4 nitrogen and oxygen atoms in total. The summed E-state index contributed by atoms with van der Waals surface area (Å²) in [4.78, 5) is 2.46. The molecule has 5 heteroatoms. The van der Waals surface area contributed by atoms with Crippen LogP contribution in [0.15, 0.2) is 28.7 Å². The number of likely N-dealkylation sites (tertiary alicyclic amines) is 1. The topological polar surface area (TPSA) is 30.9 Å². The van der Waals surface area contributed by atoms with E-state index in [0.717, 1.165) is 42.9 Å². The molecule has 116 valence electrons. The standard InChI is InChI=1S/C16H22BrNO3/c17-13-4-3-5-14(12-13)19-9-8-18-7-2-1-6-15(18)16-20-10-11-21-16/h3-5,12,15-16H,1-2,6-11H2. The maximum atomic E-state index is 5.85. The zero-order chi connectivity index (χ0) is 14.5. The molecule has 2 fully saturated rings. The number of nitrogens with zero attached hydrogens (tertiary/aromatic N) is 1. The predicted octanol–water partition coefficient (Wildman–Crippen LogP) is 3.06. The summed E-state index contributed by atoms with van der Waals surface area (Å²) < 4.78 is 18.3. The minimum atomic E-state index is -0.0452. The Balaban J connectivity index is 1.50. The SMILES string of the molecule is Brc1cccc(OCCN2CCCCC2C2OCCO2)c1. The zero-order valence-corrected chi connectivity index (χ0v) is 13.8. The molecule has 21 heavy (non-hydrogen) atoms. The summed E-state index contributed by atoms with van der Waals surface area (Å²) in [5, 5.41) is 0. The highest BCUT2D eigenvalue weighted by atomic mass is 79.9. The third-order valence-electron chi connectivity index (χ3n) is 4.07. The molecule has 0 bridgehead atoms. The number of hydrogen-bond acceptors (Lipinski definition) is 4. The molecule has 0 saturated carbocycles. The zero-order valence-electron chi connectivity index (χ0n) is 12.2. The second-order valence-electron chi connectivity index (χ2n) is 5.51. The summed E-state index contributed by atoms with van der Waals surface area (Å²) in [6, 6.07) is 8.36. The van der Waals surface area contributed by atoms with E-state index in [0.29, 0.717) is 12.6 Å². The van der Waals surface area contributed by atoms with Crippen molar-refractivity contribution in [3.8, 4) is 5.75 Å². The van der Waals surface area contributed by atoms with E-state index < -0.39 is 0 Å². The average molecular weight is 356 g/mol. The summed E-state index contributed by atoms with van der Waals surface area (Å²) in [5.74, 6) is 0.909. The summed E-state index contributed by atoms with van der Waals surface area (Å²) in [6.45, 7) is 4.17. The molecule has 3 rings (SSSR count). The fourth-order valence-electron chi connectivity index (χ4n) is 3.04. The molecule has 1 unspecified atom stereocenters. The van der Waals surface area contributed by atoms with Crippen molar-refractivity contribution in [1.82, 2.24) is 4.90 Å². The Morgan fingerprint density at radius 2 is 2.10 bits per heavy atom. The Kier molecular flexibility index (Phi) is 5.52. The molecule has 0 spiro atoms. The smallest absolute Gasteiger partial charge is 0.173 e. The van der Waals surface area contributed by atoms with Gasteiger partial charge < -0.3 is 14.2 Å². The van der Waals surface area contributed by atoms with Crippen LogP contribution in [0, 0.1) is 0 Å². The van der Waals surface area contributed by atoms with Gasteiger partial charge in [-0.3, -0.25) is 4.90 Å². The monoisotopic (exact) mass is 355 g/mol. The second kappa shape index (κ2) is 7.58. The Bertz CT molecular complexity index is 451. The molecule has 1 atom stereocenters. The van der Waals surface area contributed by atoms with E-state index in [1.807, 2.05) is 24.3 Å². The number of ether oxygens (including phenoxy) is 3. The fourth-order valence-corrected chi connectivity index (χ4v) is 3.42. The van der Waals surface area contributed by atoms with Gasteiger partial charge in [-0.1, -0.05) is 28.4 Å². The van der Waals surface area contributed by atoms with Crippen LogP contribution in [-0.2, 0) is 9.47 Å². The van der Waals surface area contributed by atoms with Gasteiger partial charge in [0.2, 0.25) is 0 Å². The van der Waals surface area contributed by atoms with Crippen LogP contribution in [-0.4, -0.2) is 50.1 Å². The maximum Gasteiger partial charge on any atom is 0.173 e. The molecule has 1 aromatic rings. The normalized spacial score (nSPS) is 24.3. The highest BCUT2D eigenvalue weighted by Crippen LogP contribution is 2.24. The Morgan fingerprint density at radius 3 is 2.90 bits per heavy atom. The lowest BCUT2D eigenvalue weighted by atomic mass is 10.0. The van der Waals surface area contributed by atoms with Crippen molar-refractivity contribution < 1.29 is 14.2 Å². The van der Waals surface area contributed by atoms with Crippen LogP contribution in [0.2, 0.25) is 0 Å². The van der Waals surface area contributed by atoms with E-state index in [-0.39, 0.29) is 6.29 Å². The van der Waals surface area contributed by atoms with Gasteiger partial charge in [-0.15, -0.1) is 0 Å². The van der Waals surface area contributed by atoms with E-state index >= 15 is 0 Å². The number of hydrogen-bond donors (Lipinski definition) is 0. The van der Waals surface area contributed by atoms with Gasteiger partial charge in [0.1, 0.15) is 12.4 Å². The van der Waals surface area contributed by atoms with Crippen molar-refractivity contribution >= 4 is 15.9 Å². The van der Waals surface area contributed by atoms with Gasteiger partial charge in [-0.2, -0.15) is 0 Å². The Labute approximate surface area is 134 Å². The van der Waals surface area contributed by atoms with Crippen molar-refractivity contribution in [3.63, 3.8) is 0 Å². The molecule has 0 amide bonds. The third-order valence-corrected chi connectivity index (χ3v) is 4.56. The Morgan fingerprint density at radius 1 is 1.24 bits per heavy atom. The molecule has 0 N–H and O–H groups in total. The van der Waals surface area contributed by atoms with Gasteiger partial charge in [0, 0.05) is 11.0 Å². The number of rotatable bonds is 5. The lowest BCUT2D eigenvalue weighted by Gasteiger charge is -2.37. The number of benzene rings is 1. The van der Waals surface area contributed by atoms with Crippen LogP contribution in [0.3, 0.4) is 0 Å². The van der Waals surface area contributed by atoms with Crippen LogP contribution < -0.4 is 4.74 Å². The molecule has 2 saturated heterocycles. The molecule has 0 aliphatic carbocycles. The van der Waals surface area contributed by atoms with E-state index in [4.69, 9.17) is 14.2 Å². The van der Waals surface area contributed by atoms with Gasteiger partial charge in [-0.05, 0) is 37.6 Å². The van der Waals surface area contributed by atoms with Gasteiger partial charge in [0.05, 0.1) is 19.3 Å². The average Bonchev–Trinajstić information content (AvgIpc) is 3.02. The molecule has 1 aromatic carbocycles. The molecule has 0 radical (unpaired) electrons. The van der Waals surface area contributed by atoms with Gasteiger partial charge >= 0.3 is 0 Å². The summed E-state index contributed by atoms with van der Waals surface area (Å²) in [7, 11) is 0. The van der Waals surface area contributed by atoms with Gasteiger partial charge in [0.15, 0.2) is 6.29 Å². The highest BCUT2D eigenvalue weighted by molar-refractivity contribution is 9.10. The summed E-state index contributed by atoms with van der Waals surface area (Å²) in [5.41, 5.74) is 0. The molecule has 2 aliphatic heterocycles. The molecular weight excluding hydrogens is 334 g/mol. The lowest BCUT2D eigenvalue weighted by Crippen LogP contribution is -2.48. The highest BCUT2D eigenvalue weighted by Gasteiger charge is 2.33. The largest absolute Gasteiger partial charge is 0.492 e. The first-order chi connectivity index (χ1) is 10.3. The van der Waals surface area contributed by atoms with Gasteiger partial charge in [-0.25, -0.2) is 0 Å². The first-order valence-corrected chi connectivity index (χ1v) is 8.48. The summed E-state index contributed by atoms with van der Waals surface area (Å²) >= 11 is 3.46. The predicted molar refractivity (Wildman–Crippen MR) is 84.5 cm³/mol. The van der Waals surface area contributed by atoms with Crippen molar-refractivity contribution in [2.24, 2.45) is 0 Å². The molecule has 2 aliphatic rings. The number of piperidine rings is 1. The lowest BCUT2D eigenvalue weighted by molar-refractivity contribution is -0.110. The fraction of sp³-hybridized carbons (Fsp3) is 0.625. The molecular formula is C16H22BrNO3. The van der Waals surface area contributed by atoms with E-state index in [2.05, 4.69) is 20.8 Å². The van der Waals surface area contributed by atoms with Crippen molar-refractivity contribution in [3.05, 3.63) is 28.7 Å². The molecule has 0 aromatic heterocycles. The first kappa shape index (κ1) is 15.3.